The lowest BCUT2D eigenvalue weighted by Gasteiger charge is -2.10. The van der Waals surface area contributed by atoms with E-state index in [1.165, 1.54) is 21.3 Å². The number of carbonyl (C=O) groups excluding carboxylic acids is 2. The van der Waals surface area contributed by atoms with Gasteiger partial charge in [0.1, 0.15) is 5.75 Å². The summed E-state index contributed by atoms with van der Waals surface area (Å²) in [6, 6.07) is 9.90. The fraction of sp³-hybridized carbons (Fsp3) is 0.263. The van der Waals surface area contributed by atoms with Gasteiger partial charge in [-0.3, -0.25) is 9.59 Å². The van der Waals surface area contributed by atoms with Crippen molar-refractivity contribution in [3.05, 3.63) is 47.0 Å². The first-order valence-corrected chi connectivity index (χ1v) is 8.34. The lowest BCUT2D eigenvalue weighted by atomic mass is 10.1. The zero-order chi connectivity index (χ0) is 19.8. The van der Waals surface area contributed by atoms with Crippen molar-refractivity contribution in [2.45, 2.75) is 6.42 Å². The normalized spacial score (nSPS) is 10.1. The lowest BCUT2D eigenvalue weighted by molar-refractivity contribution is -0.146. The second-order valence-electron chi connectivity index (χ2n) is 5.42. The summed E-state index contributed by atoms with van der Waals surface area (Å²) in [5.41, 5.74) is 1.15. The lowest BCUT2D eigenvalue weighted by Crippen LogP contribution is -2.21. The molecule has 0 aliphatic carbocycles. The maximum atomic E-state index is 11.9. The number of carbonyl (C=O) groups is 2. The van der Waals surface area contributed by atoms with Crippen LogP contribution in [-0.4, -0.2) is 39.8 Å². The number of hydrogen-bond donors (Lipinski definition) is 1. The first-order chi connectivity index (χ1) is 13.0. The molecule has 0 spiro atoms. The van der Waals surface area contributed by atoms with Gasteiger partial charge in [0.05, 0.1) is 32.8 Å². The van der Waals surface area contributed by atoms with Crippen molar-refractivity contribution in [3.63, 3.8) is 0 Å². The van der Waals surface area contributed by atoms with Gasteiger partial charge >= 0.3 is 5.97 Å². The quantitative estimate of drug-likeness (QED) is 0.694. The largest absolute Gasteiger partial charge is 0.495 e. The standard InChI is InChI=1S/C19H20ClNO6/c1-24-15-7-5-13(10-14(15)20)21-18(22)11-27-19(23)9-12-4-6-16(25-2)17(8-12)26-3/h4-8,10H,9,11H2,1-3H3,(H,21,22). The number of amides is 1. The fourth-order valence-corrected chi connectivity index (χ4v) is 2.55. The second-order valence-corrected chi connectivity index (χ2v) is 5.83. The number of anilines is 1. The molecule has 1 amide bonds. The molecule has 0 aliphatic heterocycles. The molecule has 8 heteroatoms. The van der Waals surface area contributed by atoms with Gasteiger partial charge in [0.15, 0.2) is 18.1 Å². The summed E-state index contributed by atoms with van der Waals surface area (Å²) in [4.78, 5) is 23.9. The van der Waals surface area contributed by atoms with Gasteiger partial charge in [-0.2, -0.15) is 0 Å². The summed E-state index contributed by atoms with van der Waals surface area (Å²) >= 11 is 6.00. The van der Waals surface area contributed by atoms with Crippen LogP contribution in [0.1, 0.15) is 5.56 Å². The molecule has 0 bridgehead atoms. The molecular formula is C19H20ClNO6. The second kappa shape index (κ2) is 9.68. The Kier molecular flexibility index (Phi) is 7.31. The van der Waals surface area contributed by atoms with Crippen LogP contribution in [0.3, 0.4) is 0 Å². The van der Waals surface area contributed by atoms with E-state index in [0.29, 0.717) is 33.5 Å². The van der Waals surface area contributed by atoms with Gasteiger partial charge in [-0.1, -0.05) is 17.7 Å². The molecule has 2 aromatic carbocycles. The summed E-state index contributed by atoms with van der Waals surface area (Å²) in [6.45, 7) is -0.407. The Balaban J connectivity index is 1.86. The first kappa shape index (κ1) is 20.4. The van der Waals surface area contributed by atoms with Gasteiger partial charge in [-0.05, 0) is 35.9 Å². The number of esters is 1. The highest BCUT2D eigenvalue weighted by atomic mass is 35.5. The molecule has 7 nitrogen and oxygen atoms in total. The maximum absolute atomic E-state index is 11.9. The zero-order valence-electron chi connectivity index (χ0n) is 15.2. The summed E-state index contributed by atoms with van der Waals surface area (Å²) in [7, 11) is 4.54. The molecular weight excluding hydrogens is 374 g/mol. The Bertz CT molecular complexity index is 824. The Labute approximate surface area is 162 Å². The minimum absolute atomic E-state index is 0.00198. The van der Waals surface area contributed by atoms with Gasteiger partial charge < -0.3 is 24.3 Å². The number of benzene rings is 2. The highest BCUT2D eigenvalue weighted by molar-refractivity contribution is 6.32. The minimum Gasteiger partial charge on any atom is -0.495 e. The van der Waals surface area contributed by atoms with Crippen LogP contribution in [0.4, 0.5) is 5.69 Å². The van der Waals surface area contributed by atoms with Crippen LogP contribution in [-0.2, 0) is 20.7 Å². The highest BCUT2D eigenvalue weighted by Crippen LogP contribution is 2.28. The molecule has 144 valence electrons. The van der Waals surface area contributed by atoms with Gasteiger partial charge in [0.25, 0.3) is 5.91 Å². The van der Waals surface area contributed by atoms with Crippen molar-refractivity contribution in [2.75, 3.05) is 33.3 Å². The predicted octanol–water partition coefficient (Wildman–Crippen LogP) is 3.09. The van der Waals surface area contributed by atoms with E-state index in [4.69, 9.17) is 30.5 Å². The van der Waals surface area contributed by atoms with Crippen molar-refractivity contribution in [1.82, 2.24) is 0 Å². The molecule has 0 radical (unpaired) electrons. The van der Waals surface area contributed by atoms with Crippen molar-refractivity contribution in [1.29, 1.82) is 0 Å². The third kappa shape index (κ3) is 5.79. The van der Waals surface area contributed by atoms with Crippen molar-refractivity contribution >= 4 is 29.2 Å². The number of rotatable bonds is 8. The van der Waals surface area contributed by atoms with Crippen LogP contribution in [0, 0.1) is 0 Å². The van der Waals surface area contributed by atoms with Gasteiger partial charge in [-0.15, -0.1) is 0 Å². The number of nitrogens with one attached hydrogen (secondary N) is 1. The van der Waals surface area contributed by atoms with Gasteiger partial charge in [0.2, 0.25) is 0 Å². The average Bonchev–Trinajstić information content (AvgIpc) is 2.66. The van der Waals surface area contributed by atoms with E-state index in [1.807, 2.05) is 0 Å². The Morgan fingerprint density at radius 2 is 1.59 bits per heavy atom. The molecule has 1 N–H and O–H groups in total. The monoisotopic (exact) mass is 393 g/mol. The van der Waals surface area contributed by atoms with Crippen LogP contribution in [0.5, 0.6) is 17.2 Å². The van der Waals surface area contributed by atoms with Crippen LogP contribution in [0.25, 0.3) is 0 Å². The van der Waals surface area contributed by atoms with Crippen LogP contribution in [0.15, 0.2) is 36.4 Å². The summed E-state index contributed by atoms with van der Waals surface area (Å²) in [6.07, 6.45) is 0.00198. The topological polar surface area (TPSA) is 83.1 Å². The molecule has 0 heterocycles. The number of ether oxygens (including phenoxy) is 4. The van der Waals surface area contributed by atoms with Crippen LogP contribution in [0.2, 0.25) is 5.02 Å². The molecule has 0 unspecified atom stereocenters. The molecule has 0 saturated heterocycles. The van der Waals surface area contributed by atoms with Gasteiger partial charge in [-0.25, -0.2) is 0 Å². The minimum atomic E-state index is -0.537. The fourth-order valence-electron chi connectivity index (χ4n) is 2.30. The zero-order valence-corrected chi connectivity index (χ0v) is 16.0. The number of methoxy groups -OCH3 is 3. The van der Waals surface area contributed by atoms with Crippen LogP contribution >= 0.6 is 11.6 Å². The van der Waals surface area contributed by atoms with Crippen LogP contribution < -0.4 is 19.5 Å². The van der Waals surface area contributed by atoms with E-state index >= 15 is 0 Å². The number of halogens is 1. The summed E-state index contributed by atoms with van der Waals surface area (Å²) in [5, 5.41) is 2.96. The van der Waals surface area contributed by atoms with E-state index < -0.39 is 18.5 Å². The molecule has 0 aliphatic rings. The maximum Gasteiger partial charge on any atom is 0.310 e. The Hall–Kier alpha value is -2.93. The van der Waals surface area contributed by atoms with Gasteiger partial charge in [0, 0.05) is 5.69 Å². The summed E-state index contributed by atoms with van der Waals surface area (Å²) < 4.78 is 20.4. The molecule has 2 rings (SSSR count). The van der Waals surface area contributed by atoms with E-state index in [1.54, 1.807) is 36.4 Å². The SMILES string of the molecule is COc1ccc(NC(=O)COC(=O)Cc2ccc(OC)c(OC)c2)cc1Cl. The third-order valence-corrected chi connectivity index (χ3v) is 3.89. The Morgan fingerprint density at radius 3 is 2.22 bits per heavy atom. The smallest absolute Gasteiger partial charge is 0.310 e. The van der Waals surface area contributed by atoms with E-state index in [9.17, 15) is 9.59 Å². The molecule has 0 atom stereocenters. The first-order valence-electron chi connectivity index (χ1n) is 7.96. The van der Waals surface area contributed by atoms with Crippen molar-refractivity contribution in [2.24, 2.45) is 0 Å². The van der Waals surface area contributed by atoms with Crippen molar-refractivity contribution < 1.29 is 28.5 Å². The highest BCUT2D eigenvalue weighted by Gasteiger charge is 2.12. The molecule has 0 saturated carbocycles. The Morgan fingerprint density at radius 1 is 0.926 bits per heavy atom. The average molecular weight is 394 g/mol. The molecule has 0 aromatic heterocycles. The van der Waals surface area contributed by atoms with E-state index in [0.717, 1.165) is 0 Å². The third-order valence-electron chi connectivity index (χ3n) is 3.60. The molecule has 0 fully saturated rings. The summed E-state index contributed by atoms with van der Waals surface area (Å²) in [5.74, 6) is 0.558. The molecule has 2 aromatic rings. The van der Waals surface area contributed by atoms with Crippen molar-refractivity contribution in [3.8, 4) is 17.2 Å². The number of hydrogen-bond acceptors (Lipinski definition) is 6. The molecule has 27 heavy (non-hydrogen) atoms. The van der Waals surface area contributed by atoms with E-state index in [2.05, 4.69) is 5.32 Å². The van der Waals surface area contributed by atoms with E-state index in [-0.39, 0.29) is 6.42 Å². The predicted molar refractivity (Wildman–Crippen MR) is 101 cm³/mol.